The molecule has 2 saturated heterocycles. The molecule has 0 saturated carbocycles. The van der Waals surface area contributed by atoms with Crippen LogP contribution in [0.2, 0.25) is 0 Å². The zero-order valence-corrected chi connectivity index (χ0v) is 22.9. The molecule has 2 aromatic rings. The molecule has 2 fully saturated rings. The van der Waals surface area contributed by atoms with Crippen LogP contribution in [-0.4, -0.2) is 90.8 Å². The van der Waals surface area contributed by atoms with Crippen LogP contribution >= 0.6 is 0 Å². The van der Waals surface area contributed by atoms with Gasteiger partial charge in [0, 0.05) is 20.1 Å². The largest absolute Gasteiger partial charge is 0.493 e. The summed E-state index contributed by atoms with van der Waals surface area (Å²) >= 11 is 0. The van der Waals surface area contributed by atoms with Crippen molar-refractivity contribution in [3.05, 3.63) is 59.4 Å². The summed E-state index contributed by atoms with van der Waals surface area (Å²) in [5.74, 6) is 0.588. The fourth-order valence-electron chi connectivity index (χ4n) is 5.22. The van der Waals surface area contributed by atoms with Gasteiger partial charge in [-0.3, -0.25) is 9.59 Å². The van der Waals surface area contributed by atoms with Crippen LogP contribution < -0.4 is 14.8 Å². The Bertz CT molecular complexity index is 1190. The number of hydrazine groups is 1. The van der Waals surface area contributed by atoms with Gasteiger partial charge in [-0.15, -0.1) is 0 Å². The third kappa shape index (κ3) is 6.08. The number of hydrogen-bond acceptors (Lipinski definition) is 6. The monoisotopic (exact) mass is 541 g/mol. The molecule has 210 valence electrons. The Hall–Kier alpha value is -3.86. The first-order valence-corrected chi connectivity index (χ1v) is 13.1. The van der Waals surface area contributed by atoms with Crippen LogP contribution in [0.15, 0.2) is 42.5 Å². The van der Waals surface area contributed by atoms with E-state index in [0.29, 0.717) is 37.3 Å². The van der Waals surface area contributed by atoms with Gasteiger partial charge < -0.3 is 24.6 Å². The number of fused-ring (bicyclic) bond motifs is 1. The molecule has 4 amide bonds. The molecule has 0 aromatic heterocycles. The third-order valence-corrected chi connectivity index (χ3v) is 7.19. The summed E-state index contributed by atoms with van der Waals surface area (Å²) in [5, 5.41) is 5.99. The number of piperazine rings is 1. The molecule has 2 aliphatic heterocycles. The summed E-state index contributed by atoms with van der Waals surface area (Å²) in [6.45, 7) is 2.76. The second kappa shape index (κ2) is 12.3. The predicted molar refractivity (Wildman–Crippen MR) is 142 cm³/mol. The van der Waals surface area contributed by atoms with E-state index in [1.54, 1.807) is 48.2 Å². The first-order chi connectivity index (χ1) is 18.8. The minimum atomic E-state index is -0.649. The van der Waals surface area contributed by atoms with Gasteiger partial charge in [-0.2, -0.15) is 0 Å². The van der Waals surface area contributed by atoms with Gasteiger partial charge in [-0.1, -0.05) is 31.5 Å². The van der Waals surface area contributed by atoms with Crippen LogP contribution in [0.4, 0.5) is 9.18 Å². The number of benzene rings is 2. The molecule has 0 bridgehead atoms. The summed E-state index contributed by atoms with van der Waals surface area (Å²) in [7, 11) is 4.84. The number of nitrogens with zero attached hydrogens (tertiary/aromatic N) is 4. The van der Waals surface area contributed by atoms with E-state index in [1.165, 1.54) is 17.1 Å². The molecule has 0 spiro atoms. The molecule has 2 atom stereocenters. The molecular weight excluding hydrogens is 505 g/mol. The number of methoxy groups -OCH3 is 2. The van der Waals surface area contributed by atoms with E-state index in [2.05, 4.69) is 5.32 Å². The van der Waals surface area contributed by atoms with E-state index in [1.807, 2.05) is 25.1 Å². The van der Waals surface area contributed by atoms with E-state index in [-0.39, 0.29) is 37.3 Å². The molecule has 11 heteroatoms. The Morgan fingerprint density at radius 3 is 2.41 bits per heavy atom. The highest BCUT2D eigenvalue weighted by molar-refractivity contribution is 5.91. The topological polar surface area (TPSA) is 94.7 Å². The normalized spacial score (nSPS) is 19.7. The lowest BCUT2D eigenvalue weighted by Gasteiger charge is -2.54. The Morgan fingerprint density at radius 1 is 1.05 bits per heavy atom. The van der Waals surface area contributed by atoms with Crippen molar-refractivity contribution >= 4 is 17.8 Å². The summed E-state index contributed by atoms with van der Waals surface area (Å²) < 4.78 is 24.0. The fourth-order valence-corrected chi connectivity index (χ4v) is 5.22. The molecule has 2 aliphatic rings. The highest BCUT2D eigenvalue weighted by Crippen LogP contribution is 2.30. The summed E-state index contributed by atoms with van der Waals surface area (Å²) in [5.41, 5.74) is 1.72. The van der Waals surface area contributed by atoms with E-state index in [9.17, 15) is 18.8 Å². The zero-order valence-electron chi connectivity index (χ0n) is 22.9. The number of hydrogen-bond donors (Lipinski definition) is 1. The molecule has 0 radical (unpaired) electrons. The molecule has 1 N–H and O–H groups in total. The van der Waals surface area contributed by atoms with Gasteiger partial charge in [0.05, 0.1) is 27.3 Å². The van der Waals surface area contributed by atoms with Crippen LogP contribution in [0.5, 0.6) is 11.5 Å². The zero-order chi connectivity index (χ0) is 28.1. The average molecular weight is 542 g/mol. The first-order valence-electron chi connectivity index (χ1n) is 13.1. The number of carbonyl (C=O) groups excluding carboxylic acids is 3. The lowest BCUT2D eigenvalue weighted by atomic mass is 10.0. The van der Waals surface area contributed by atoms with Crippen molar-refractivity contribution in [3.8, 4) is 11.5 Å². The average Bonchev–Trinajstić information content (AvgIpc) is 2.93. The Labute approximate surface area is 228 Å². The maximum absolute atomic E-state index is 13.6. The van der Waals surface area contributed by atoms with Gasteiger partial charge in [-0.05, 0) is 48.2 Å². The smallest absolute Gasteiger partial charge is 0.334 e. The molecule has 2 heterocycles. The molecule has 39 heavy (non-hydrogen) atoms. The SMILES string of the molecule is CCC[C@H]1C(=O)N(CCc2ccc(OC)c(OC)c2)C[C@H]2N1C(=O)CN(C)N2C(=O)NCc1ccc(F)cc1. The van der Waals surface area contributed by atoms with Gasteiger partial charge in [0.15, 0.2) is 11.5 Å². The summed E-state index contributed by atoms with van der Waals surface area (Å²) in [4.78, 5) is 43.5. The molecule has 10 nitrogen and oxygen atoms in total. The maximum Gasteiger partial charge on any atom is 0.334 e. The standard InChI is InChI=1S/C28H36FN5O5/c1-5-6-22-27(36)32(14-13-19-9-12-23(38-3)24(15-19)39-4)17-25-33(22)26(35)18-31(2)34(25)28(37)30-16-20-7-10-21(29)11-8-20/h7-12,15,22,25H,5-6,13-14,16-18H2,1-4H3,(H,30,37)/t22-,25-/m0/s1. The van der Waals surface area contributed by atoms with Crippen molar-refractivity contribution in [1.82, 2.24) is 25.1 Å². The summed E-state index contributed by atoms with van der Waals surface area (Å²) in [6, 6.07) is 10.5. The number of amides is 4. The number of carbonyl (C=O) groups is 3. The Balaban J connectivity index is 1.54. The number of urea groups is 1. The van der Waals surface area contributed by atoms with E-state index < -0.39 is 18.2 Å². The number of rotatable bonds is 9. The molecule has 0 unspecified atom stereocenters. The molecule has 4 rings (SSSR count). The van der Waals surface area contributed by atoms with Crippen molar-refractivity contribution in [3.63, 3.8) is 0 Å². The quantitative estimate of drug-likeness (QED) is 0.525. The van der Waals surface area contributed by atoms with Crippen molar-refractivity contribution in [2.45, 2.75) is 44.9 Å². The van der Waals surface area contributed by atoms with E-state index >= 15 is 0 Å². The second-order valence-corrected chi connectivity index (χ2v) is 9.76. The maximum atomic E-state index is 13.6. The molecule has 0 aliphatic carbocycles. The highest BCUT2D eigenvalue weighted by Gasteiger charge is 2.50. The number of nitrogens with one attached hydrogen (secondary N) is 1. The van der Waals surface area contributed by atoms with Crippen LogP contribution in [0.25, 0.3) is 0 Å². The minimum absolute atomic E-state index is 0.0143. The van der Waals surface area contributed by atoms with Crippen LogP contribution in [0.1, 0.15) is 30.9 Å². The molecule has 2 aromatic carbocycles. The number of halogens is 1. The molecular formula is C28H36FN5O5. The highest BCUT2D eigenvalue weighted by atomic mass is 19.1. The third-order valence-electron chi connectivity index (χ3n) is 7.19. The van der Waals surface area contributed by atoms with Gasteiger partial charge in [0.2, 0.25) is 11.8 Å². The van der Waals surface area contributed by atoms with Crippen molar-refractivity contribution in [1.29, 1.82) is 0 Å². The van der Waals surface area contributed by atoms with Gasteiger partial charge >= 0.3 is 6.03 Å². The van der Waals surface area contributed by atoms with E-state index in [4.69, 9.17) is 9.47 Å². The van der Waals surface area contributed by atoms with Crippen molar-refractivity contribution < 1.29 is 28.2 Å². The van der Waals surface area contributed by atoms with Crippen LogP contribution in [0.3, 0.4) is 0 Å². The summed E-state index contributed by atoms with van der Waals surface area (Å²) in [6.07, 6.45) is 1.13. The lowest BCUT2D eigenvalue weighted by molar-refractivity contribution is -0.187. The second-order valence-electron chi connectivity index (χ2n) is 9.76. The van der Waals surface area contributed by atoms with Crippen LogP contribution in [-0.2, 0) is 22.6 Å². The number of ether oxygens (including phenoxy) is 2. The van der Waals surface area contributed by atoms with Crippen molar-refractivity contribution in [2.75, 3.05) is 40.9 Å². The van der Waals surface area contributed by atoms with Crippen LogP contribution in [0, 0.1) is 5.82 Å². The lowest BCUT2D eigenvalue weighted by Crippen LogP contribution is -2.76. The van der Waals surface area contributed by atoms with Gasteiger partial charge in [-0.25, -0.2) is 19.2 Å². The van der Waals surface area contributed by atoms with Gasteiger partial charge in [0.1, 0.15) is 18.0 Å². The fraction of sp³-hybridized carbons (Fsp3) is 0.464. The minimum Gasteiger partial charge on any atom is -0.493 e. The Kier molecular flexibility index (Phi) is 8.90. The van der Waals surface area contributed by atoms with E-state index in [0.717, 1.165) is 11.1 Å². The predicted octanol–water partition coefficient (Wildman–Crippen LogP) is 2.62. The first kappa shape index (κ1) is 28.2. The van der Waals surface area contributed by atoms with Gasteiger partial charge in [0.25, 0.3) is 0 Å². The Morgan fingerprint density at radius 2 is 1.74 bits per heavy atom. The number of likely N-dealkylation sites (N-methyl/N-ethyl adjacent to an activating group) is 1. The van der Waals surface area contributed by atoms with Crippen molar-refractivity contribution in [2.24, 2.45) is 0 Å².